The number of nitrogens with zero attached hydrogens (tertiary/aromatic N) is 1. The van der Waals surface area contributed by atoms with Gasteiger partial charge in [0.1, 0.15) is 0 Å². The first-order valence-corrected chi connectivity index (χ1v) is 8.35. The summed E-state index contributed by atoms with van der Waals surface area (Å²) in [5.41, 5.74) is 6.90. The van der Waals surface area contributed by atoms with Crippen molar-refractivity contribution >= 4 is 24.2 Å². The second-order valence-electron chi connectivity index (χ2n) is 6.49. The molecular weight excluding hydrogens is 326 g/mol. The Bertz CT molecular complexity index is 557. The highest BCUT2D eigenvalue weighted by molar-refractivity contribution is 5.99. The van der Waals surface area contributed by atoms with Crippen LogP contribution in [0.25, 0.3) is 0 Å². The van der Waals surface area contributed by atoms with Gasteiger partial charge in [0.25, 0.3) is 11.8 Å². The molecular formula is C18H28ClN3O2. The van der Waals surface area contributed by atoms with Crippen LogP contribution in [0.4, 0.5) is 0 Å². The normalized spacial score (nSPS) is 16.0. The van der Waals surface area contributed by atoms with E-state index in [1.165, 1.54) is 24.2 Å². The third-order valence-electron chi connectivity index (χ3n) is 4.57. The number of hydrogen-bond acceptors (Lipinski definition) is 3. The van der Waals surface area contributed by atoms with E-state index < -0.39 is 0 Å². The van der Waals surface area contributed by atoms with E-state index in [2.05, 4.69) is 5.32 Å². The van der Waals surface area contributed by atoms with Crippen molar-refractivity contribution < 1.29 is 9.59 Å². The minimum atomic E-state index is -0.153. The zero-order valence-corrected chi connectivity index (χ0v) is 15.3. The molecule has 0 radical (unpaired) electrons. The Labute approximate surface area is 150 Å². The van der Waals surface area contributed by atoms with Crippen LogP contribution in [0.2, 0.25) is 0 Å². The maximum atomic E-state index is 12.5. The molecule has 1 aromatic carbocycles. The fraction of sp³-hybridized carbons (Fsp3) is 0.556. The van der Waals surface area contributed by atoms with Crippen LogP contribution in [-0.2, 0) is 0 Å². The second-order valence-corrected chi connectivity index (χ2v) is 6.49. The van der Waals surface area contributed by atoms with Gasteiger partial charge >= 0.3 is 0 Å². The van der Waals surface area contributed by atoms with Crippen LogP contribution in [0.1, 0.15) is 52.8 Å². The molecule has 1 fully saturated rings. The van der Waals surface area contributed by atoms with Crippen molar-refractivity contribution in [3.8, 4) is 0 Å². The second kappa shape index (κ2) is 9.64. The third-order valence-corrected chi connectivity index (χ3v) is 4.57. The molecule has 1 atom stereocenters. The van der Waals surface area contributed by atoms with Gasteiger partial charge in [-0.25, -0.2) is 0 Å². The smallest absolute Gasteiger partial charge is 0.253 e. The molecule has 1 aliphatic rings. The van der Waals surface area contributed by atoms with Gasteiger partial charge in [0.05, 0.1) is 0 Å². The van der Waals surface area contributed by atoms with Crippen molar-refractivity contribution in [2.45, 2.75) is 38.1 Å². The molecule has 3 N–H and O–H groups in total. The van der Waals surface area contributed by atoms with E-state index in [1.54, 1.807) is 38.4 Å². The highest BCUT2D eigenvalue weighted by atomic mass is 35.5. The number of benzene rings is 1. The van der Waals surface area contributed by atoms with Crippen LogP contribution in [0.5, 0.6) is 0 Å². The number of carbonyl (C=O) groups is 2. The standard InChI is InChI=1S/C18H27N3O2.ClH/c1-21(2)18(23)15-10-6-9-14(11-15)17(22)20-16(12-19)13-7-4-3-5-8-13;/h6,9-11,13,16H,3-5,7-8,12,19H2,1-2H3,(H,20,22);1H. The summed E-state index contributed by atoms with van der Waals surface area (Å²) in [6.07, 6.45) is 5.95. The van der Waals surface area contributed by atoms with Crippen molar-refractivity contribution in [3.63, 3.8) is 0 Å². The molecule has 0 bridgehead atoms. The highest BCUT2D eigenvalue weighted by Gasteiger charge is 2.24. The zero-order valence-electron chi connectivity index (χ0n) is 14.5. The predicted molar refractivity (Wildman–Crippen MR) is 98.6 cm³/mol. The van der Waals surface area contributed by atoms with Crippen molar-refractivity contribution in [2.75, 3.05) is 20.6 Å². The fourth-order valence-electron chi connectivity index (χ4n) is 3.21. The number of nitrogens with one attached hydrogen (secondary N) is 1. The molecule has 0 spiro atoms. The van der Waals surface area contributed by atoms with E-state index in [4.69, 9.17) is 5.73 Å². The average molecular weight is 354 g/mol. The lowest BCUT2D eigenvalue weighted by Crippen LogP contribution is -2.45. The Morgan fingerprint density at radius 2 is 1.83 bits per heavy atom. The van der Waals surface area contributed by atoms with Crippen LogP contribution in [0, 0.1) is 5.92 Å². The van der Waals surface area contributed by atoms with Gasteiger partial charge in [-0.3, -0.25) is 9.59 Å². The van der Waals surface area contributed by atoms with Gasteiger partial charge < -0.3 is 16.0 Å². The first-order chi connectivity index (χ1) is 11.0. The van der Waals surface area contributed by atoms with E-state index in [9.17, 15) is 9.59 Å². The quantitative estimate of drug-likeness (QED) is 0.853. The molecule has 1 saturated carbocycles. The Hall–Kier alpha value is -1.59. The minimum Gasteiger partial charge on any atom is -0.348 e. The Balaban J connectivity index is 0.00000288. The largest absolute Gasteiger partial charge is 0.348 e. The number of hydrogen-bond donors (Lipinski definition) is 2. The summed E-state index contributed by atoms with van der Waals surface area (Å²) in [6.45, 7) is 0.451. The fourth-order valence-corrected chi connectivity index (χ4v) is 3.21. The first-order valence-electron chi connectivity index (χ1n) is 8.35. The summed E-state index contributed by atoms with van der Waals surface area (Å²) in [5, 5.41) is 3.06. The van der Waals surface area contributed by atoms with E-state index in [-0.39, 0.29) is 30.3 Å². The van der Waals surface area contributed by atoms with Gasteiger partial charge in [0.15, 0.2) is 0 Å². The summed E-state index contributed by atoms with van der Waals surface area (Å²) in [7, 11) is 3.39. The lowest BCUT2D eigenvalue weighted by molar-refractivity contribution is 0.0827. The number of amides is 2. The topological polar surface area (TPSA) is 75.4 Å². The molecule has 1 unspecified atom stereocenters. The molecule has 134 valence electrons. The summed E-state index contributed by atoms with van der Waals surface area (Å²) in [6, 6.07) is 6.85. The number of halogens is 1. The monoisotopic (exact) mass is 353 g/mol. The SMILES string of the molecule is CN(C)C(=O)c1cccc(C(=O)NC(CN)C2CCCCC2)c1.Cl. The zero-order chi connectivity index (χ0) is 16.8. The first kappa shape index (κ1) is 20.5. The molecule has 5 nitrogen and oxygen atoms in total. The predicted octanol–water partition coefficient (Wildman–Crippen LogP) is 2.45. The minimum absolute atomic E-state index is 0. The third kappa shape index (κ3) is 5.21. The maximum absolute atomic E-state index is 12.5. The maximum Gasteiger partial charge on any atom is 0.253 e. The summed E-state index contributed by atoms with van der Waals surface area (Å²) >= 11 is 0. The molecule has 24 heavy (non-hydrogen) atoms. The van der Waals surface area contributed by atoms with Crippen LogP contribution < -0.4 is 11.1 Å². The van der Waals surface area contributed by atoms with Crippen LogP contribution >= 0.6 is 12.4 Å². The molecule has 0 aliphatic heterocycles. The lowest BCUT2D eigenvalue weighted by atomic mass is 9.84. The summed E-state index contributed by atoms with van der Waals surface area (Å²) in [5.74, 6) is 0.200. The number of carbonyl (C=O) groups excluding carboxylic acids is 2. The van der Waals surface area contributed by atoms with Crippen molar-refractivity contribution in [3.05, 3.63) is 35.4 Å². The molecule has 0 aromatic heterocycles. The molecule has 0 saturated heterocycles. The van der Waals surface area contributed by atoms with Gasteiger partial charge in [-0.2, -0.15) is 0 Å². The van der Waals surface area contributed by atoms with E-state index in [0.29, 0.717) is 23.6 Å². The molecule has 0 heterocycles. The van der Waals surface area contributed by atoms with E-state index in [0.717, 1.165) is 12.8 Å². The number of rotatable bonds is 5. The van der Waals surface area contributed by atoms with Crippen molar-refractivity contribution in [1.29, 1.82) is 0 Å². The van der Waals surface area contributed by atoms with Gasteiger partial charge in [0, 0.05) is 37.8 Å². The van der Waals surface area contributed by atoms with E-state index >= 15 is 0 Å². The summed E-state index contributed by atoms with van der Waals surface area (Å²) < 4.78 is 0. The Morgan fingerprint density at radius 3 is 2.42 bits per heavy atom. The van der Waals surface area contributed by atoms with Gasteiger partial charge in [-0.15, -0.1) is 12.4 Å². The van der Waals surface area contributed by atoms with Crippen LogP contribution in [0.15, 0.2) is 24.3 Å². The van der Waals surface area contributed by atoms with Crippen molar-refractivity contribution in [2.24, 2.45) is 11.7 Å². The Morgan fingerprint density at radius 1 is 1.21 bits per heavy atom. The molecule has 1 aliphatic carbocycles. The van der Waals surface area contributed by atoms with Gasteiger partial charge in [-0.05, 0) is 37.0 Å². The van der Waals surface area contributed by atoms with Crippen molar-refractivity contribution in [1.82, 2.24) is 10.2 Å². The highest BCUT2D eigenvalue weighted by Crippen LogP contribution is 2.26. The average Bonchev–Trinajstić information content (AvgIpc) is 2.59. The van der Waals surface area contributed by atoms with Gasteiger partial charge in [0.2, 0.25) is 0 Å². The molecule has 2 rings (SSSR count). The summed E-state index contributed by atoms with van der Waals surface area (Å²) in [4.78, 5) is 26.0. The lowest BCUT2D eigenvalue weighted by Gasteiger charge is -2.30. The van der Waals surface area contributed by atoms with Crippen LogP contribution in [0.3, 0.4) is 0 Å². The Kier molecular flexibility index (Phi) is 8.22. The van der Waals surface area contributed by atoms with Gasteiger partial charge in [-0.1, -0.05) is 25.3 Å². The number of nitrogens with two attached hydrogens (primary N) is 1. The molecule has 6 heteroatoms. The molecule has 2 amide bonds. The van der Waals surface area contributed by atoms with E-state index in [1.807, 2.05) is 0 Å². The van der Waals surface area contributed by atoms with Crippen LogP contribution in [-0.4, -0.2) is 43.4 Å². The molecule has 1 aromatic rings.